The van der Waals surface area contributed by atoms with Gasteiger partial charge in [-0.1, -0.05) is 0 Å². The SMILES string of the molecule is CC(C)(CCS(=O)CCCS(=O)CCC(C)(C)n1cnnn1)N(C=N)NN. The van der Waals surface area contributed by atoms with Crippen LogP contribution in [0.25, 0.3) is 0 Å². The van der Waals surface area contributed by atoms with Gasteiger partial charge in [-0.25, -0.2) is 4.68 Å². The van der Waals surface area contributed by atoms with Crippen LogP contribution in [0.2, 0.25) is 0 Å². The van der Waals surface area contributed by atoms with E-state index in [-0.39, 0.29) is 5.54 Å². The summed E-state index contributed by atoms with van der Waals surface area (Å²) in [4.78, 5) is 0. The second-order valence-corrected chi connectivity index (χ2v) is 10.9. The van der Waals surface area contributed by atoms with Crippen LogP contribution in [0.1, 0.15) is 47.0 Å². The summed E-state index contributed by atoms with van der Waals surface area (Å²) in [5.41, 5.74) is 1.75. The summed E-state index contributed by atoms with van der Waals surface area (Å²) in [6.07, 6.45) is 4.67. The Morgan fingerprint density at radius 2 is 1.74 bits per heavy atom. The highest BCUT2D eigenvalue weighted by Gasteiger charge is 2.25. The molecule has 0 radical (unpaired) electrons. The summed E-state index contributed by atoms with van der Waals surface area (Å²) in [5, 5.41) is 20.0. The topological polar surface area (TPSA) is 143 Å². The highest BCUT2D eigenvalue weighted by atomic mass is 32.2. The van der Waals surface area contributed by atoms with Crippen molar-refractivity contribution < 1.29 is 8.42 Å². The van der Waals surface area contributed by atoms with Crippen LogP contribution in [0.3, 0.4) is 0 Å². The van der Waals surface area contributed by atoms with Crippen molar-refractivity contribution in [3.05, 3.63) is 6.33 Å². The van der Waals surface area contributed by atoms with Gasteiger partial charge in [0.15, 0.2) is 0 Å². The molecule has 0 spiro atoms. The Bertz CT molecular complexity index is 621. The molecule has 1 aromatic rings. The van der Waals surface area contributed by atoms with E-state index in [1.807, 2.05) is 27.7 Å². The van der Waals surface area contributed by atoms with Crippen molar-refractivity contribution in [2.75, 3.05) is 23.0 Å². The van der Waals surface area contributed by atoms with Gasteiger partial charge in [0.25, 0.3) is 0 Å². The van der Waals surface area contributed by atoms with Crippen LogP contribution in [-0.2, 0) is 27.1 Å². The Kier molecular flexibility index (Phi) is 9.63. The first-order valence-corrected chi connectivity index (χ1v) is 11.8. The lowest BCUT2D eigenvalue weighted by molar-refractivity contribution is 0.152. The number of hydrazine groups is 2. The van der Waals surface area contributed by atoms with Gasteiger partial charge in [0.2, 0.25) is 0 Å². The average Bonchev–Trinajstić information content (AvgIpc) is 3.15. The molecule has 0 aliphatic heterocycles. The second kappa shape index (κ2) is 10.9. The van der Waals surface area contributed by atoms with Crippen LogP contribution in [0.15, 0.2) is 6.33 Å². The van der Waals surface area contributed by atoms with Crippen molar-refractivity contribution in [2.24, 2.45) is 5.84 Å². The van der Waals surface area contributed by atoms with Crippen LogP contribution in [0.5, 0.6) is 0 Å². The molecule has 2 atom stereocenters. The van der Waals surface area contributed by atoms with Crippen LogP contribution < -0.4 is 11.4 Å². The summed E-state index contributed by atoms with van der Waals surface area (Å²) < 4.78 is 26.1. The molecule has 0 fully saturated rings. The van der Waals surface area contributed by atoms with Crippen molar-refractivity contribution in [3.63, 3.8) is 0 Å². The van der Waals surface area contributed by atoms with E-state index in [0.29, 0.717) is 42.3 Å². The zero-order valence-electron chi connectivity index (χ0n) is 16.6. The van der Waals surface area contributed by atoms with E-state index in [9.17, 15) is 8.42 Å². The molecule has 2 unspecified atom stereocenters. The zero-order chi connectivity index (χ0) is 20.5. The Morgan fingerprint density at radius 1 is 1.15 bits per heavy atom. The maximum absolute atomic E-state index is 12.2. The molecule has 10 nitrogen and oxygen atoms in total. The summed E-state index contributed by atoms with van der Waals surface area (Å²) in [6.45, 7) is 7.86. The summed E-state index contributed by atoms with van der Waals surface area (Å²) in [7, 11) is -1.94. The fourth-order valence-electron chi connectivity index (χ4n) is 2.37. The molecule has 0 saturated heterocycles. The smallest absolute Gasteiger partial charge is 0.138 e. The van der Waals surface area contributed by atoms with Crippen molar-refractivity contribution in [3.8, 4) is 0 Å². The Hall–Kier alpha value is -1.24. The van der Waals surface area contributed by atoms with Gasteiger partial charge in [0.05, 0.1) is 17.4 Å². The number of nitrogens with two attached hydrogens (primary N) is 1. The fourth-order valence-corrected chi connectivity index (χ4v) is 5.35. The minimum atomic E-state index is -0.984. The van der Waals surface area contributed by atoms with Gasteiger partial charge in [-0.15, -0.1) is 5.10 Å². The van der Waals surface area contributed by atoms with E-state index in [1.54, 1.807) is 11.0 Å². The van der Waals surface area contributed by atoms with Gasteiger partial charge >= 0.3 is 0 Å². The Labute approximate surface area is 166 Å². The predicted octanol–water partition coefficient (Wildman–Crippen LogP) is 0.142. The molecule has 0 saturated carbocycles. The van der Waals surface area contributed by atoms with E-state index in [4.69, 9.17) is 11.3 Å². The average molecular weight is 421 g/mol. The number of rotatable bonds is 14. The monoisotopic (exact) mass is 420 g/mol. The van der Waals surface area contributed by atoms with Gasteiger partial charge in [0.1, 0.15) is 6.33 Å². The lowest BCUT2D eigenvalue weighted by Gasteiger charge is -2.35. The third-order valence-electron chi connectivity index (χ3n) is 4.52. The van der Waals surface area contributed by atoms with Crippen molar-refractivity contribution >= 4 is 27.9 Å². The third-order valence-corrected chi connectivity index (χ3v) is 7.32. The molecule has 4 N–H and O–H groups in total. The number of hydrogen-bond acceptors (Lipinski definition) is 8. The zero-order valence-corrected chi connectivity index (χ0v) is 18.2. The minimum absolute atomic E-state index is 0.286. The molecule has 156 valence electrons. The number of hydrogen-bond donors (Lipinski definition) is 3. The van der Waals surface area contributed by atoms with E-state index in [0.717, 1.165) is 6.34 Å². The lowest BCUT2D eigenvalue weighted by Crippen LogP contribution is -2.54. The minimum Gasteiger partial charge on any atom is -0.290 e. The predicted molar refractivity (Wildman–Crippen MR) is 109 cm³/mol. The Balaban J connectivity index is 2.27. The quantitative estimate of drug-likeness (QED) is 0.167. The molecule has 0 aliphatic rings. The van der Waals surface area contributed by atoms with Gasteiger partial charge in [-0.2, -0.15) is 5.53 Å². The number of nitrogens with one attached hydrogen (secondary N) is 2. The number of tetrazole rings is 1. The summed E-state index contributed by atoms with van der Waals surface area (Å²) in [6, 6.07) is 0. The molecular weight excluding hydrogens is 388 g/mol. The molecule has 1 aromatic heterocycles. The van der Waals surface area contributed by atoms with Crippen molar-refractivity contribution in [2.45, 2.75) is 58.0 Å². The second-order valence-electron chi connectivity index (χ2n) is 7.56. The molecule has 0 aliphatic carbocycles. The van der Waals surface area contributed by atoms with Crippen molar-refractivity contribution in [1.29, 1.82) is 5.41 Å². The normalized spacial score (nSPS) is 14.7. The van der Waals surface area contributed by atoms with E-state index >= 15 is 0 Å². The van der Waals surface area contributed by atoms with Crippen LogP contribution in [-0.4, -0.2) is 68.5 Å². The van der Waals surface area contributed by atoms with Gasteiger partial charge in [-0.05, 0) is 57.4 Å². The summed E-state index contributed by atoms with van der Waals surface area (Å²) in [5.74, 6) is 7.52. The van der Waals surface area contributed by atoms with Crippen LogP contribution >= 0.6 is 0 Å². The first-order valence-electron chi connectivity index (χ1n) is 8.82. The molecular formula is C15H32N8O2S2. The first-order chi connectivity index (χ1) is 12.6. The highest BCUT2D eigenvalue weighted by Crippen LogP contribution is 2.18. The first kappa shape index (κ1) is 23.8. The molecule has 0 aromatic carbocycles. The third kappa shape index (κ3) is 8.11. The maximum Gasteiger partial charge on any atom is 0.138 e. The van der Waals surface area contributed by atoms with Crippen LogP contribution in [0.4, 0.5) is 0 Å². The fraction of sp³-hybridized carbons (Fsp3) is 0.867. The molecule has 0 amide bonds. The van der Waals surface area contributed by atoms with Gasteiger partial charge in [0, 0.05) is 44.6 Å². The largest absolute Gasteiger partial charge is 0.290 e. The maximum atomic E-state index is 12.2. The molecule has 1 rings (SSSR count). The van der Waals surface area contributed by atoms with E-state index in [2.05, 4.69) is 21.1 Å². The molecule has 27 heavy (non-hydrogen) atoms. The highest BCUT2D eigenvalue weighted by molar-refractivity contribution is 7.85. The van der Waals surface area contributed by atoms with Gasteiger partial charge in [-0.3, -0.25) is 24.7 Å². The summed E-state index contributed by atoms with van der Waals surface area (Å²) >= 11 is 0. The standard InChI is InChI=1S/C15H32N8O2S2/c1-14(2,22(12-16)19-17)6-10-26(24)8-5-9-27(25)11-7-15(3,4)23-13-18-20-21-23/h12-13,16,19H,5-11,17H2,1-4H3. The molecule has 12 heteroatoms. The van der Waals surface area contributed by atoms with Crippen LogP contribution in [0, 0.1) is 5.41 Å². The van der Waals surface area contributed by atoms with Gasteiger partial charge < -0.3 is 0 Å². The number of nitrogens with zero attached hydrogens (tertiary/aromatic N) is 5. The number of aromatic nitrogens is 4. The van der Waals surface area contributed by atoms with Crippen molar-refractivity contribution in [1.82, 2.24) is 30.8 Å². The molecule has 1 heterocycles. The Morgan fingerprint density at radius 3 is 2.22 bits per heavy atom. The van der Waals surface area contributed by atoms with E-state index in [1.165, 1.54) is 5.01 Å². The molecule has 0 bridgehead atoms. The van der Waals surface area contributed by atoms with E-state index < -0.39 is 27.1 Å². The lowest BCUT2D eigenvalue weighted by atomic mass is 10.0.